The fourth-order valence-electron chi connectivity index (χ4n) is 1.80. The van der Waals surface area contributed by atoms with Gasteiger partial charge in [0.05, 0.1) is 6.10 Å². The number of aliphatic hydroxyl groups is 2. The second-order valence-corrected chi connectivity index (χ2v) is 5.73. The molecule has 0 heterocycles. The van der Waals surface area contributed by atoms with Crippen molar-refractivity contribution in [1.82, 2.24) is 0 Å². The van der Waals surface area contributed by atoms with Crippen molar-refractivity contribution in [3.63, 3.8) is 0 Å². The third-order valence-electron chi connectivity index (χ3n) is 2.01. The molecule has 0 fully saturated rings. The molecule has 2 atom stereocenters. The maximum Gasteiger partial charge on any atom is 0.122 e. The fourth-order valence-corrected chi connectivity index (χ4v) is 1.80. The SMILES string of the molecule is CC#CC(C)(O)CC(C)C.CC(C)CC(C)O. The zero-order valence-corrected chi connectivity index (χ0v) is 12.5. The molecule has 0 aliphatic heterocycles. The van der Waals surface area contributed by atoms with Crippen molar-refractivity contribution in [3.05, 3.63) is 0 Å². The first-order valence-electron chi connectivity index (χ1n) is 6.45. The molecule has 0 aliphatic carbocycles. The minimum absolute atomic E-state index is 0.125. The summed E-state index contributed by atoms with van der Waals surface area (Å²) in [7, 11) is 0. The Hall–Kier alpha value is -0.520. The lowest BCUT2D eigenvalue weighted by Crippen LogP contribution is -2.23. The molecule has 0 rings (SSSR count). The predicted octanol–water partition coefficient (Wildman–Crippen LogP) is 3.22. The zero-order valence-electron chi connectivity index (χ0n) is 12.5. The standard InChI is InChI=1S/C9H16O.C6H14O/c1-5-6-9(4,10)7-8(2)3;1-5(2)4-6(3)7/h8,10H,7H2,1-4H3;5-7H,4H2,1-3H3. The molecule has 0 amide bonds. The van der Waals surface area contributed by atoms with Crippen LogP contribution in [0.25, 0.3) is 0 Å². The number of rotatable bonds is 4. The van der Waals surface area contributed by atoms with Crippen LogP contribution in [0.15, 0.2) is 0 Å². The van der Waals surface area contributed by atoms with Crippen molar-refractivity contribution in [2.45, 2.75) is 73.0 Å². The van der Waals surface area contributed by atoms with Crippen LogP contribution in [0.1, 0.15) is 61.3 Å². The Morgan fingerprint density at radius 3 is 1.71 bits per heavy atom. The molecule has 17 heavy (non-hydrogen) atoms. The molecule has 0 bridgehead atoms. The van der Waals surface area contributed by atoms with Gasteiger partial charge in [0, 0.05) is 0 Å². The average Bonchev–Trinajstić information content (AvgIpc) is 1.97. The monoisotopic (exact) mass is 242 g/mol. The summed E-state index contributed by atoms with van der Waals surface area (Å²) in [5, 5.41) is 18.2. The van der Waals surface area contributed by atoms with Gasteiger partial charge in [0.25, 0.3) is 0 Å². The Kier molecular flexibility index (Phi) is 10.5. The molecule has 0 spiro atoms. The summed E-state index contributed by atoms with van der Waals surface area (Å²) >= 11 is 0. The lowest BCUT2D eigenvalue weighted by molar-refractivity contribution is 0.0976. The van der Waals surface area contributed by atoms with Gasteiger partial charge in [-0.2, -0.15) is 0 Å². The number of hydrogen-bond acceptors (Lipinski definition) is 2. The summed E-state index contributed by atoms with van der Waals surface area (Å²) in [6.07, 6.45) is 1.54. The molecule has 102 valence electrons. The Morgan fingerprint density at radius 1 is 1.06 bits per heavy atom. The maximum absolute atomic E-state index is 9.51. The highest BCUT2D eigenvalue weighted by Crippen LogP contribution is 2.14. The second-order valence-electron chi connectivity index (χ2n) is 5.73. The van der Waals surface area contributed by atoms with Crippen LogP contribution in [0.2, 0.25) is 0 Å². The van der Waals surface area contributed by atoms with E-state index in [-0.39, 0.29) is 6.10 Å². The molecule has 0 aromatic heterocycles. The van der Waals surface area contributed by atoms with Crippen LogP contribution < -0.4 is 0 Å². The first-order valence-corrected chi connectivity index (χ1v) is 6.45. The van der Waals surface area contributed by atoms with Crippen molar-refractivity contribution in [3.8, 4) is 11.8 Å². The third kappa shape index (κ3) is 18.1. The van der Waals surface area contributed by atoms with Gasteiger partial charge in [-0.1, -0.05) is 33.6 Å². The molecule has 0 radical (unpaired) electrons. The molecular weight excluding hydrogens is 212 g/mol. The Bertz CT molecular complexity index is 223. The smallest absolute Gasteiger partial charge is 0.122 e. The molecule has 2 heteroatoms. The van der Waals surface area contributed by atoms with Crippen LogP contribution in [0.5, 0.6) is 0 Å². The Labute approximate surface area is 107 Å². The zero-order chi connectivity index (χ0) is 14.1. The van der Waals surface area contributed by atoms with Crippen LogP contribution in [-0.4, -0.2) is 21.9 Å². The topological polar surface area (TPSA) is 40.5 Å². The number of aliphatic hydroxyl groups excluding tert-OH is 1. The van der Waals surface area contributed by atoms with E-state index in [2.05, 4.69) is 39.5 Å². The van der Waals surface area contributed by atoms with Crippen molar-refractivity contribution in [2.75, 3.05) is 0 Å². The van der Waals surface area contributed by atoms with Crippen molar-refractivity contribution in [1.29, 1.82) is 0 Å². The molecule has 2 unspecified atom stereocenters. The molecule has 0 aromatic rings. The summed E-state index contributed by atoms with van der Waals surface area (Å²) in [6, 6.07) is 0. The van der Waals surface area contributed by atoms with Gasteiger partial charge in [-0.25, -0.2) is 0 Å². The normalized spacial score (nSPS) is 15.5. The van der Waals surface area contributed by atoms with E-state index < -0.39 is 5.60 Å². The predicted molar refractivity (Wildman–Crippen MR) is 74.7 cm³/mol. The van der Waals surface area contributed by atoms with Gasteiger partial charge >= 0.3 is 0 Å². The van der Waals surface area contributed by atoms with E-state index in [1.807, 2.05) is 6.92 Å². The summed E-state index contributed by atoms with van der Waals surface area (Å²) in [5.74, 6) is 6.59. The lowest BCUT2D eigenvalue weighted by atomic mass is 9.95. The van der Waals surface area contributed by atoms with Crippen molar-refractivity contribution in [2.24, 2.45) is 11.8 Å². The minimum atomic E-state index is -0.789. The highest BCUT2D eigenvalue weighted by atomic mass is 16.3. The summed E-state index contributed by atoms with van der Waals surface area (Å²) in [5.41, 5.74) is -0.789. The second kappa shape index (κ2) is 9.50. The van der Waals surface area contributed by atoms with Gasteiger partial charge in [0.15, 0.2) is 0 Å². The first-order chi connectivity index (χ1) is 7.60. The third-order valence-corrected chi connectivity index (χ3v) is 2.01. The average molecular weight is 242 g/mol. The summed E-state index contributed by atoms with van der Waals surface area (Å²) in [4.78, 5) is 0. The van der Waals surface area contributed by atoms with Crippen LogP contribution in [0.4, 0.5) is 0 Å². The van der Waals surface area contributed by atoms with Gasteiger partial charge in [-0.15, -0.1) is 5.92 Å². The van der Waals surface area contributed by atoms with E-state index >= 15 is 0 Å². The van der Waals surface area contributed by atoms with Gasteiger partial charge in [0.2, 0.25) is 0 Å². The largest absolute Gasteiger partial charge is 0.393 e. The van der Waals surface area contributed by atoms with Crippen LogP contribution >= 0.6 is 0 Å². The number of hydrogen-bond donors (Lipinski definition) is 2. The molecule has 2 N–H and O–H groups in total. The maximum atomic E-state index is 9.51. The molecule has 0 saturated carbocycles. The molecule has 0 aromatic carbocycles. The van der Waals surface area contributed by atoms with Gasteiger partial charge < -0.3 is 10.2 Å². The molecule has 0 aliphatic rings. The van der Waals surface area contributed by atoms with Gasteiger partial charge in [0.1, 0.15) is 5.60 Å². The van der Waals surface area contributed by atoms with Gasteiger partial charge in [-0.05, 0) is 45.4 Å². The molecule has 2 nitrogen and oxygen atoms in total. The summed E-state index contributed by atoms with van der Waals surface area (Å²) in [6.45, 7) is 13.7. The minimum Gasteiger partial charge on any atom is -0.393 e. The van der Waals surface area contributed by atoms with Gasteiger partial charge in [-0.3, -0.25) is 0 Å². The van der Waals surface area contributed by atoms with E-state index in [1.54, 1.807) is 13.8 Å². The van der Waals surface area contributed by atoms with Crippen LogP contribution in [0.3, 0.4) is 0 Å². The fraction of sp³-hybridized carbons (Fsp3) is 0.867. The van der Waals surface area contributed by atoms with E-state index in [0.29, 0.717) is 11.8 Å². The van der Waals surface area contributed by atoms with E-state index in [9.17, 15) is 5.11 Å². The van der Waals surface area contributed by atoms with E-state index in [4.69, 9.17) is 5.11 Å². The Balaban J connectivity index is 0. The summed E-state index contributed by atoms with van der Waals surface area (Å²) < 4.78 is 0. The van der Waals surface area contributed by atoms with E-state index in [0.717, 1.165) is 12.8 Å². The van der Waals surface area contributed by atoms with E-state index in [1.165, 1.54) is 0 Å². The quantitative estimate of drug-likeness (QED) is 0.743. The van der Waals surface area contributed by atoms with Crippen LogP contribution in [0, 0.1) is 23.7 Å². The molecule has 0 saturated heterocycles. The lowest BCUT2D eigenvalue weighted by Gasteiger charge is -2.18. The van der Waals surface area contributed by atoms with Crippen LogP contribution in [-0.2, 0) is 0 Å². The highest BCUT2D eigenvalue weighted by molar-refractivity contribution is 5.10. The highest BCUT2D eigenvalue weighted by Gasteiger charge is 2.17. The molecular formula is C15H30O2. The van der Waals surface area contributed by atoms with Crippen molar-refractivity contribution >= 4 is 0 Å². The Morgan fingerprint density at radius 2 is 1.53 bits per heavy atom. The van der Waals surface area contributed by atoms with Crippen molar-refractivity contribution < 1.29 is 10.2 Å². The first kappa shape index (κ1) is 18.8.